The maximum absolute atomic E-state index is 12.3. The Balaban J connectivity index is 1.65. The van der Waals surface area contributed by atoms with Gasteiger partial charge in [0.1, 0.15) is 0 Å². The summed E-state index contributed by atoms with van der Waals surface area (Å²) in [6.07, 6.45) is 3.09. The third-order valence-corrected chi connectivity index (χ3v) is 4.20. The van der Waals surface area contributed by atoms with Gasteiger partial charge in [-0.25, -0.2) is 4.79 Å². The van der Waals surface area contributed by atoms with E-state index >= 15 is 0 Å². The predicted molar refractivity (Wildman–Crippen MR) is 85.9 cm³/mol. The lowest BCUT2D eigenvalue weighted by Crippen LogP contribution is -2.46. The number of piperidine rings is 1. The zero-order valence-corrected chi connectivity index (χ0v) is 12.7. The van der Waals surface area contributed by atoms with Crippen molar-refractivity contribution in [3.8, 4) is 0 Å². The second-order valence-corrected chi connectivity index (χ2v) is 5.77. The number of carbonyl (C=O) groups is 2. The second kappa shape index (κ2) is 6.64. The first-order valence-corrected chi connectivity index (χ1v) is 7.73. The van der Waals surface area contributed by atoms with Gasteiger partial charge >= 0.3 is 12.0 Å². The third-order valence-electron chi connectivity index (χ3n) is 4.20. The van der Waals surface area contributed by atoms with Crippen molar-refractivity contribution in [1.82, 2.24) is 15.2 Å². The minimum atomic E-state index is -0.833. The molecule has 0 aliphatic carbocycles. The van der Waals surface area contributed by atoms with Gasteiger partial charge in [-0.2, -0.15) is 0 Å². The summed E-state index contributed by atoms with van der Waals surface area (Å²) in [7, 11) is 0. The van der Waals surface area contributed by atoms with Crippen molar-refractivity contribution in [2.45, 2.75) is 19.4 Å². The number of likely N-dealkylation sites (tertiary alicyclic amines) is 1. The molecule has 2 heterocycles. The van der Waals surface area contributed by atoms with Gasteiger partial charge in [0.25, 0.3) is 0 Å². The number of pyridine rings is 1. The topological polar surface area (TPSA) is 82.5 Å². The van der Waals surface area contributed by atoms with E-state index in [1.807, 2.05) is 30.3 Å². The third kappa shape index (κ3) is 3.41. The summed E-state index contributed by atoms with van der Waals surface area (Å²) in [5.41, 5.74) is 1.82. The minimum Gasteiger partial charge on any atom is -0.481 e. The van der Waals surface area contributed by atoms with E-state index in [1.54, 1.807) is 11.1 Å². The van der Waals surface area contributed by atoms with E-state index in [2.05, 4.69) is 10.3 Å². The number of para-hydroxylation sites is 1. The van der Waals surface area contributed by atoms with Gasteiger partial charge in [0, 0.05) is 31.2 Å². The van der Waals surface area contributed by atoms with Crippen LogP contribution in [0.3, 0.4) is 0 Å². The summed E-state index contributed by atoms with van der Waals surface area (Å²) in [4.78, 5) is 29.3. The molecule has 1 aromatic heterocycles. The molecule has 6 heteroatoms. The quantitative estimate of drug-likeness (QED) is 0.910. The fourth-order valence-corrected chi connectivity index (χ4v) is 2.96. The molecule has 1 aliphatic heterocycles. The first-order chi connectivity index (χ1) is 11.1. The number of nitrogens with one attached hydrogen (secondary N) is 1. The Hall–Kier alpha value is -2.63. The molecule has 0 radical (unpaired) electrons. The summed E-state index contributed by atoms with van der Waals surface area (Å²) >= 11 is 0. The largest absolute Gasteiger partial charge is 0.481 e. The van der Waals surface area contributed by atoms with Crippen molar-refractivity contribution in [3.63, 3.8) is 0 Å². The number of aliphatic carboxylic acids is 1. The zero-order valence-electron chi connectivity index (χ0n) is 12.7. The Morgan fingerprint density at radius 2 is 2.13 bits per heavy atom. The van der Waals surface area contributed by atoms with E-state index in [0.717, 1.165) is 22.9 Å². The van der Waals surface area contributed by atoms with Crippen molar-refractivity contribution in [3.05, 3.63) is 42.1 Å². The molecular formula is C17H19N3O3. The normalized spacial score (nSPS) is 17.9. The summed E-state index contributed by atoms with van der Waals surface area (Å²) in [6.45, 7) is 1.25. The molecule has 1 saturated heterocycles. The van der Waals surface area contributed by atoms with Crippen LogP contribution in [0.4, 0.5) is 4.79 Å². The smallest absolute Gasteiger partial charge is 0.317 e. The van der Waals surface area contributed by atoms with Gasteiger partial charge in [-0.1, -0.05) is 24.3 Å². The maximum Gasteiger partial charge on any atom is 0.317 e. The number of amides is 2. The Morgan fingerprint density at radius 1 is 1.30 bits per heavy atom. The monoisotopic (exact) mass is 313 g/mol. The van der Waals surface area contributed by atoms with E-state index in [9.17, 15) is 9.59 Å². The van der Waals surface area contributed by atoms with E-state index in [0.29, 0.717) is 19.5 Å². The lowest BCUT2D eigenvalue weighted by atomic mass is 9.99. The van der Waals surface area contributed by atoms with Crippen LogP contribution in [0, 0.1) is 5.92 Å². The number of nitrogens with zero attached hydrogens (tertiary/aromatic N) is 2. The van der Waals surface area contributed by atoms with Gasteiger partial charge in [-0.3, -0.25) is 9.78 Å². The first kappa shape index (κ1) is 15.3. The van der Waals surface area contributed by atoms with E-state index in [-0.39, 0.29) is 12.6 Å². The zero-order chi connectivity index (χ0) is 16.2. The number of rotatable bonds is 3. The van der Waals surface area contributed by atoms with E-state index < -0.39 is 11.9 Å². The molecule has 1 unspecified atom stereocenters. The Kier molecular flexibility index (Phi) is 4.41. The van der Waals surface area contributed by atoms with Crippen LogP contribution in [0.1, 0.15) is 18.4 Å². The van der Waals surface area contributed by atoms with Gasteiger partial charge in [-0.15, -0.1) is 0 Å². The van der Waals surface area contributed by atoms with Crippen molar-refractivity contribution in [1.29, 1.82) is 0 Å². The standard InChI is InChI=1S/C17H19N3O3/c21-16(22)14-7-3-9-20(11-14)17(23)19-10-13-5-1-4-12-6-2-8-18-15(12)13/h1-2,4-6,8,14H,3,7,9-11H2,(H,19,23)(H,21,22). The molecule has 120 valence electrons. The Bertz CT molecular complexity index is 727. The second-order valence-electron chi connectivity index (χ2n) is 5.77. The molecular weight excluding hydrogens is 294 g/mol. The number of benzene rings is 1. The average Bonchev–Trinajstić information content (AvgIpc) is 2.59. The molecule has 3 rings (SSSR count). The number of carboxylic acids is 1. The fraction of sp³-hybridized carbons (Fsp3) is 0.353. The van der Waals surface area contributed by atoms with Crippen molar-refractivity contribution in [2.24, 2.45) is 5.92 Å². The summed E-state index contributed by atoms with van der Waals surface area (Å²) in [6, 6.07) is 9.50. The molecule has 23 heavy (non-hydrogen) atoms. The van der Waals surface area contributed by atoms with Crippen LogP contribution in [-0.4, -0.2) is 40.1 Å². The highest BCUT2D eigenvalue weighted by Crippen LogP contribution is 2.18. The van der Waals surface area contributed by atoms with Gasteiger partial charge in [0.2, 0.25) is 0 Å². The molecule has 2 N–H and O–H groups in total. The maximum atomic E-state index is 12.3. The van der Waals surface area contributed by atoms with Crippen LogP contribution in [0.2, 0.25) is 0 Å². The van der Waals surface area contributed by atoms with E-state index in [1.165, 1.54) is 0 Å². The van der Waals surface area contributed by atoms with Crippen molar-refractivity contribution in [2.75, 3.05) is 13.1 Å². The Labute approximate surface area is 134 Å². The lowest BCUT2D eigenvalue weighted by molar-refractivity contribution is -0.143. The number of hydrogen-bond donors (Lipinski definition) is 2. The lowest BCUT2D eigenvalue weighted by Gasteiger charge is -2.30. The molecule has 0 saturated carbocycles. The molecule has 1 aliphatic rings. The predicted octanol–water partition coefficient (Wildman–Crippen LogP) is 2.24. The van der Waals surface area contributed by atoms with E-state index in [4.69, 9.17) is 5.11 Å². The molecule has 0 spiro atoms. The molecule has 1 fully saturated rings. The van der Waals surface area contributed by atoms with Crippen LogP contribution in [0.15, 0.2) is 36.5 Å². The molecule has 1 atom stereocenters. The van der Waals surface area contributed by atoms with Crippen LogP contribution in [0.5, 0.6) is 0 Å². The van der Waals surface area contributed by atoms with Crippen LogP contribution in [-0.2, 0) is 11.3 Å². The minimum absolute atomic E-state index is 0.219. The molecule has 1 aromatic carbocycles. The fourth-order valence-electron chi connectivity index (χ4n) is 2.96. The molecule has 2 aromatic rings. The molecule has 2 amide bonds. The van der Waals surface area contributed by atoms with Gasteiger partial charge in [0.05, 0.1) is 11.4 Å². The van der Waals surface area contributed by atoms with Crippen molar-refractivity contribution >= 4 is 22.9 Å². The Morgan fingerprint density at radius 3 is 2.96 bits per heavy atom. The number of fused-ring (bicyclic) bond motifs is 1. The molecule has 0 bridgehead atoms. The van der Waals surface area contributed by atoms with Crippen LogP contribution < -0.4 is 5.32 Å². The number of carbonyl (C=O) groups excluding carboxylic acids is 1. The highest BCUT2D eigenvalue weighted by Gasteiger charge is 2.27. The summed E-state index contributed by atoms with van der Waals surface area (Å²) < 4.78 is 0. The van der Waals surface area contributed by atoms with Gasteiger partial charge in [-0.05, 0) is 24.5 Å². The highest BCUT2D eigenvalue weighted by molar-refractivity contribution is 5.82. The first-order valence-electron chi connectivity index (χ1n) is 7.73. The SMILES string of the molecule is O=C(O)C1CCCN(C(=O)NCc2cccc3cccnc23)C1. The summed E-state index contributed by atoms with van der Waals surface area (Å²) in [5, 5.41) is 13.0. The molecule has 6 nitrogen and oxygen atoms in total. The number of aromatic nitrogens is 1. The highest BCUT2D eigenvalue weighted by atomic mass is 16.4. The van der Waals surface area contributed by atoms with Crippen molar-refractivity contribution < 1.29 is 14.7 Å². The number of urea groups is 1. The van der Waals surface area contributed by atoms with Crippen LogP contribution in [0.25, 0.3) is 10.9 Å². The summed E-state index contributed by atoms with van der Waals surface area (Å²) in [5.74, 6) is -1.30. The van der Waals surface area contributed by atoms with Gasteiger partial charge < -0.3 is 15.3 Å². The van der Waals surface area contributed by atoms with Gasteiger partial charge in [0.15, 0.2) is 0 Å². The number of carboxylic acid groups (broad SMARTS) is 1. The average molecular weight is 313 g/mol. The number of hydrogen-bond acceptors (Lipinski definition) is 3. The van der Waals surface area contributed by atoms with Crippen LogP contribution >= 0.6 is 0 Å².